The molecule has 10 heteroatoms. The molecule has 2 saturated heterocycles. The monoisotopic (exact) mass is 372 g/mol. The maximum Gasteiger partial charge on any atom is 0.302 e. The Kier molecular flexibility index (Phi) is 6.20. The van der Waals surface area contributed by atoms with Crippen molar-refractivity contribution in [3.63, 3.8) is 0 Å². The molecule has 1 aromatic heterocycles. The molecule has 0 spiro atoms. The Morgan fingerprint density at radius 2 is 1.92 bits per heavy atom. The number of carbonyl (C=O) groups excluding carboxylic acids is 1. The Morgan fingerprint density at radius 3 is 2.32 bits per heavy atom. The maximum atomic E-state index is 12.2. The third kappa shape index (κ3) is 4.39. The Labute approximate surface area is 147 Å². The molecule has 9 nitrogen and oxygen atoms in total. The highest BCUT2D eigenvalue weighted by atomic mass is 32.2. The van der Waals surface area contributed by atoms with Crippen LogP contribution in [-0.2, 0) is 19.8 Å². The van der Waals surface area contributed by atoms with Gasteiger partial charge in [0.15, 0.2) is 0 Å². The molecular weight excluding hydrogens is 348 g/mol. The van der Waals surface area contributed by atoms with Crippen LogP contribution in [0.15, 0.2) is 12.3 Å². The van der Waals surface area contributed by atoms with Gasteiger partial charge in [-0.05, 0) is 37.3 Å². The van der Waals surface area contributed by atoms with Gasteiger partial charge < -0.3 is 15.3 Å². The zero-order valence-corrected chi connectivity index (χ0v) is 14.9. The number of hydrogen-bond donors (Lipinski definition) is 3. The summed E-state index contributed by atoms with van der Waals surface area (Å²) in [4.78, 5) is 22.5. The SMILES string of the molecule is Cc1c(C2CCN(C(=O)C3CNC3)CC2)ccn1S(N)(=O)=O.O=CO. The van der Waals surface area contributed by atoms with E-state index in [1.54, 1.807) is 6.92 Å². The van der Waals surface area contributed by atoms with Gasteiger partial charge in [0.25, 0.3) is 6.47 Å². The number of aromatic nitrogens is 1. The molecular formula is C15H24N4O5S. The number of hydrogen-bond acceptors (Lipinski definition) is 5. The zero-order valence-electron chi connectivity index (χ0n) is 14.1. The molecule has 0 bridgehead atoms. The van der Waals surface area contributed by atoms with Gasteiger partial charge in [-0.1, -0.05) is 0 Å². The second kappa shape index (κ2) is 7.98. The predicted molar refractivity (Wildman–Crippen MR) is 91.3 cm³/mol. The van der Waals surface area contributed by atoms with Crippen LogP contribution >= 0.6 is 0 Å². The lowest BCUT2D eigenvalue weighted by Crippen LogP contribution is -2.53. The second-order valence-corrected chi connectivity index (χ2v) is 7.68. The summed E-state index contributed by atoms with van der Waals surface area (Å²) < 4.78 is 24.1. The summed E-state index contributed by atoms with van der Waals surface area (Å²) in [6, 6.07) is 1.83. The molecule has 1 aromatic rings. The first kappa shape index (κ1) is 19.4. The fourth-order valence-corrected chi connectivity index (χ4v) is 4.06. The number of carbonyl (C=O) groups is 2. The Hall–Kier alpha value is -1.91. The van der Waals surface area contributed by atoms with E-state index in [9.17, 15) is 13.2 Å². The van der Waals surface area contributed by atoms with Gasteiger partial charge >= 0.3 is 10.2 Å². The van der Waals surface area contributed by atoms with Crippen LogP contribution in [0.5, 0.6) is 0 Å². The van der Waals surface area contributed by atoms with E-state index in [0.29, 0.717) is 5.69 Å². The number of nitrogens with two attached hydrogens (primary N) is 1. The summed E-state index contributed by atoms with van der Waals surface area (Å²) in [5.41, 5.74) is 1.70. The summed E-state index contributed by atoms with van der Waals surface area (Å²) in [6.45, 7) is 4.57. The van der Waals surface area contributed by atoms with E-state index in [4.69, 9.17) is 15.0 Å². The van der Waals surface area contributed by atoms with E-state index in [2.05, 4.69) is 5.32 Å². The molecule has 0 atom stereocenters. The summed E-state index contributed by atoms with van der Waals surface area (Å²) in [6.07, 6.45) is 3.24. The van der Waals surface area contributed by atoms with Crippen LogP contribution in [0.2, 0.25) is 0 Å². The maximum absolute atomic E-state index is 12.2. The van der Waals surface area contributed by atoms with Crippen molar-refractivity contribution in [2.45, 2.75) is 25.7 Å². The molecule has 2 aliphatic rings. The first-order chi connectivity index (χ1) is 11.8. The molecule has 2 aliphatic heterocycles. The van der Waals surface area contributed by atoms with E-state index in [0.717, 1.165) is 48.6 Å². The summed E-state index contributed by atoms with van der Waals surface area (Å²) in [5, 5.41) is 15.2. The van der Waals surface area contributed by atoms with E-state index in [1.165, 1.54) is 6.20 Å². The second-order valence-electron chi connectivity index (χ2n) is 6.26. The Balaban J connectivity index is 0.000000701. The highest BCUT2D eigenvalue weighted by molar-refractivity contribution is 7.87. The van der Waals surface area contributed by atoms with Crippen LogP contribution in [0, 0.1) is 12.8 Å². The number of rotatable bonds is 3. The Bertz CT molecular complexity index is 718. The fraction of sp³-hybridized carbons (Fsp3) is 0.600. The summed E-state index contributed by atoms with van der Waals surface area (Å²) in [5.74, 6) is 0.671. The zero-order chi connectivity index (χ0) is 18.6. The van der Waals surface area contributed by atoms with Gasteiger partial charge in [-0.2, -0.15) is 8.42 Å². The number of piperidine rings is 1. The van der Waals surface area contributed by atoms with Gasteiger partial charge in [-0.15, -0.1) is 0 Å². The van der Waals surface area contributed by atoms with E-state index >= 15 is 0 Å². The molecule has 4 N–H and O–H groups in total. The minimum atomic E-state index is -3.74. The van der Waals surface area contributed by atoms with Crippen molar-refractivity contribution < 1.29 is 23.1 Å². The molecule has 140 valence electrons. The van der Waals surface area contributed by atoms with Crippen molar-refractivity contribution in [3.8, 4) is 0 Å². The number of amides is 1. The first-order valence-corrected chi connectivity index (χ1v) is 9.58. The van der Waals surface area contributed by atoms with Gasteiger partial charge in [-0.25, -0.2) is 9.11 Å². The molecule has 3 heterocycles. The van der Waals surface area contributed by atoms with E-state index in [-0.39, 0.29) is 24.2 Å². The van der Waals surface area contributed by atoms with Crippen LogP contribution in [0.4, 0.5) is 0 Å². The van der Waals surface area contributed by atoms with Crippen LogP contribution in [0.1, 0.15) is 30.0 Å². The number of nitrogens with one attached hydrogen (secondary N) is 1. The average Bonchev–Trinajstić information content (AvgIpc) is 2.88. The lowest BCUT2D eigenvalue weighted by molar-refractivity contribution is -0.138. The van der Waals surface area contributed by atoms with Crippen LogP contribution in [0.3, 0.4) is 0 Å². The Morgan fingerprint density at radius 1 is 1.36 bits per heavy atom. The van der Waals surface area contributed by atoms with Crippen molar-refractivity contribution >= 4 is 22.6 Å². The number of carboxylic acid groups (broad SMARTS) is 1. The largest absolute Gasteiger partial charge is 0.483 e. The van der Waals surface area contributed by atoms with E-state index < -0.39 is 10.2 Å². The van der Waals surface area contributed by atoms with Crippen LogP contribution < -0.4 is 10.5 Å². The third-order valence-corrected chi connectivity index (χ3v) is 5.73. The topological polar surface area (TPSA) is 135 Å². The molecule has 0 aromatic carbocycles. The molecule has 0 saturated carbocycles. The van der Waals surface area contributed by atoms with Gasteiger partial charge in [0, 0.05) is 38.1 Å². The van der Waals surface area contributed by atoms with Crippen molar-refractivity contribution in [3.05, 3.63) is 23.5 Å². The minimum Gasteiger partial charge on any atom is -0.483 e. The fourth-order valence-electron chi connectivity index (χ4n) is 3.35. The summed E-state index contributed by atoms with van der Waals surface area (Å²) >= 11 is 0. The summed E-state index contributed by atoms with van der Waals surface area (Å²) in [7, 11) is -3.74. The highest BCUT2D eigenvalue weighted by Gasteiger charge is 2.32. The molecule has 1 amide bonds. The molecule has 3 rings (SSSR count). The van der Waals surface area contributed by atoms with Crippen molar-refractivity contribution in [2.24, 2.45) is 11.1 Å². The van der Waals surface area contributed by atoms with E-state index in [1.807, 2.05) is 11.0 Å². The predicted octanol–water partition coefficient (Wildman–Crippen LogP) is -0.526. The molecule has 0 unspecified atom stereocenters. The standard InChI is InChI=1S/C14H22N4O3S.CH2O2/c1-10-13(4-7-18(10)22(15,20)21)11-2-5-17(6-3-11)14(19)12-8-16-9-12;2-1-3/h4,7,11-12,16H,2-3,5-6,8-9H2,1H3,(H2,15,20,21);1H,(H,2,3). The number of nitrogens with zero attached hydrogens (tertiary/aromatic N) is 2. The van der Waals surface area contributed by atoms with Crippen LogP contribution in [0.25, 0.3) is 0 Å². The lowest BCUT2D eigenvalue weighted by Gasteiger charge is -2.37. The normalized spacial score (nSPS) is 18.9. The van der Waals surface area contributed by atoms with Crippen LogP contribution in [-0.4, -0.2) is 61.0 Å². The smallest absolute Gasteiger partial charge is 0.302 e. The molecule has 25 heavy (non-hydrogen) atoms. The van der Waals surface area contributed by atoms with Gasteiger partial charge in [0.05, 0.1) is 5.92 Å². The molecule has 0 aliphatic carbocycles. The quantitative estimate of drug-likeness (QED) is 0.611. The molecule has 2 fully saturated rings. The van der Waals surface area contributed by atoms with Gasteiger partial charge in [-0.3, -0.25) is 9.59 Å². The van der Waals surface area contributed by atoms with Crippen molar-refractivity contribution in [2.75, 3.05) is 26.2 Å². The first-order valence-electron chi connectivity index (χ1n) is 8.08. The molecule has 0 radical (unpaired) electrons. The third-order valence-electron chi connectivity index (χ3n) is 4.79. The van der Waals surface area contributed by atoms with Gasteiger partial charge in [0.1, 0.15) is 0 Å². The lowest BCUT2D eigenvalue weighted by atomic mass is 9.88. The van der Waals surface area contributed by atoms with Crippen molar-refractivity contribution in [1.29, 1.82) is 0 Å². The average molecular weight is 372 g/mol. The highest BCUT2D eigenvalue weighted by Crippen LogP contribution is 2.31. The number of likely N-dealkylation sites (tertiary alicyclic amines) is 1. The van der Waals surface area contributed by atoms with Crippen molar-refractivity contribution in [1.82, 2.24) is 14.2 Å². The minimum absolute atomic E-state index is 0.141. The van der Waals surface area contributed by atoms with Gasteiger partial charge in [0.2, 0.25) is 5.91 Å².